The van der Waals surface area contributed by atoms with Crippen molar-refractivity contribution in [2.24, 2.45) is 0 Å². The van der Waals surface area contributed by atoms with Crippen molar-refractivity contribution in [2.75, 3.05) is 40.0 Å². The van der Waals surface area contributed by atoms with Gasteiger partial charge in [-0.2, -0.15) is 0 Å². The fraction of sp³-hybridized carbons (Fsp3) is 0.478. The van der Waals surface area contributed by atoms with E-state index in [9.17, 15) is 14.0 Å². The highest BCUT2D eigenvalue weighted by atomic mass is 19.1. The maximum atomic E-state index is 13.3. The zero-order valence-electron chi connectivity index (χ0n) is 18.4. The summed E-state index contributed by atoms with van der Waals surface area (Å²) in [7, 11) is 1.44. The molecule has 2 rings (SSSR count). The van der Waals surface area contributed by atoms with Crippen LogP contribution in [0.25, 0.3) is 0 Å². The number of aryl methyl sites for hydroxylation is 1. The molecule has 1 aromatic heterocycles. The highest BCUT2D eigenvalue weighted by Crippen LogP contribution is 2.14. The molecule has 0 bridgehead atoms. The number of hydrogen-bond donors (Lipinski definition) is 0. The van der Waals surface area contributed by atoms with Crippen molar-refractivity contribution in [1.29, 1.82) is 0 Å². The van der Waals surface area contributed by atoms with E-state index in [1.165, 1.54) is 24.1 Å². The van der Waals surface area contributed by atoms with Crippen molar-refractivity contribution in [3.05, 3.63) is 59.3 Å². The van der Waals surface area contributed by atoms with Crippen LogP contribution in [-0.4, -0.2) is 61.6 Å². The first-order valence-corrected chi connectivity index (χ1v) is 10.3. The van der Waals surface area contributed by atoms with Gasteiger partial charge in [-0.25, -0.2) is 4.39 Å². The molecule has 0 N–H and O–H groups in total. The third-order valence-electron chi connectivity index (χ3n) is 4.65. The second-order valence-electron chi connectivity index (χ2n) is 7.19. The molecule has 1 aromatic carbocycles. The zero-order chi connectivity index (χ0) is 22.6. The monoisotopic (exact) mass is 434 g/mol. The van der Waals surface area contributed by atoms with Crippen molar-refractivity contribution >= 4 is 11.8 Å². The predicted octanol–water partition coefficient (Wildman–Crippen LogP) is 3.16. The molecule has 0 fully saturated rings. The van der Waals surface area contributed by atoms with Gasteiger partial charge in [-0.15, -0.1) is 0 Å². The Hall–Kier alpha value is -2.71. The molecular weight excluding hydrogens is 403 g/mol. The van der Waals surface area contributed by atoms with Gasteiger partial charge in [-0.3, -0.25) is 9.59 Å². The Balaban J connectivity index is 2.13. The van der Waals surface area contributed by atoms with Gasteiger partial charge in [0.1, 0.15) is 23.9 Å². The molecule has 0 spiro atoms. The van der Waals surface area contributed by atoms with Gasteiger partial charge < -0.3 is 23.7 Å². The van der Waals surface area contributed by atoms with Gasteiger partial charge in [-0.1, -0.05) is 12.1 Å². The minimum atomic E-state index is -0.339. The smallest absolute Gasteiger partial charge is 0.249 e. The fourth-order valence-electron chi connectivity index (χ4n) is 3.07. The topological polar surface area (TPSA) is 72.2 Å². The van der Waals surface area contributed by atoms with E-state index < -0.39 is 0 Å². The number of hydrogen-bond acceptors (Lipinski definition) is 5. The number of benzene rings is 1. The first-order chi connectivity index (χ1) is 14.9. The van der Waals surface area contributed by atoms with Crippen LogP contribution in [0, 0.1) is 12.7 Å². The second-order valence-corrected chi connectivity index (χ2v) is 7.19. The number of halogens is 1. The molecule has 2 aromatic rings. The maximum Gasteiger partial charge on any atom is 0.249 e. The molecule has 0 unspecified atom stereocenters. The van der Waals surface area contributed by atoms with Crippen LogP contribution in [-0.2, 0) is 32.2 Å². The maximum absolute atomic E-state index is 13.3. The molecule has 7 nitrogen and oxygen atoms in total. The second kappa shape index (κ2) is 12.9. The molecule has 2 amide bonds. The van der Waals surface area contributed by atoms with Crippen LogP contribution < -0.4 is 0 Å². The van der Waals surface area contributed by atoms with Crippen LogP contribution >= 0.6 is 0 Å². The standard InChI is InChI=1S/C23H31FN2O5/c1-4-30-13-5-12-25(23(28)17-29-3)16-22(27)26(15-21-11-6-18(2)31-21)14-19-7-9-20(24)10-8-19/h6-11H,4-5,12-17H2,1-3H3. The average Bonchev–Trinajstić information content (AvgIpc) is 3.16. The molecule has 31 heavy (non-hydrogen) atoms. The lowest BCUT2D eigenvalue weighted by Gasteiger charge is -2.27. The summed E-state index contributed by atoms with van der Waals surface area (Å²) in [5.74, 6) is 0.548. The van der Waals surface area contributed by atoms with Crippen molar-refractivity contribution in [2.45, 2.75) is 33.4 Å². The Bertz CT molecular complexity index is 822. The number of furan rings is 1. The van der Waals surface area contributed by atoms with Gasteiger partial charge >= 0.3 is 0 Å². The van der Waals surface area contributed by atoms with Gasteiger partial charge in [0.2, 0.25) is 11.8 Å². The van der Waals surface area contributed by atoms with Crippen LogP contribution in [0.4, 0.5) is 4.39 Å². The fourth-order valence-corrected chi connectivity index (χ4v) is 3.07. The van der Waals surface area contributed by atoms with Crippen LogP contribution in [0.3, 0.4) is 0 Å². The van der Waals surface area contributed by atoms with Crippen LogP contribution in [0.5, 0.6) is 0 Å². The Labute approximate surface area is 182 Å². The number of rotatable bonds is 13. The lowest BCUT2D eigenvalue weighted by molar-refractivity contribution is -0.143. The van der Waals surface area contributed by atoms with E-state index in [1.807, 2.05) is 26.0 Å². The minimum Gasteiger partial charge on any atom is -0.464 e. The van der Waals surface area contributed by atoms with E-state index in [4.69, 9.17) is 13.9 Å². The Morgan fingerprint density at radius 3 is 2.39 bits per heavy atom. The summed E-state index contributed by atoms with van der Waals surface area (Å²) in [4.78, 5) is 28.7. The largest absolute Gasteiger partial charge is 0.464 e. The summed E-state index contributed by atoms with van der Waals surface area (Å²) in [6.45, 7) is 5.55. The quantitative estimate of drug-likeness (QED) is 0.453. The molecule has 0 aliphatic rings. The van der Waals surface area contributed by atoms with Gasteiger partial charge in [0.05, 0.1) is 13.1 Å². The van der Waals surface area contributed by atoms with E-state index in [2.05, 4.69) is 0 Å². The van der Waals surface area contributed by atoms with Gasteiger partial charge in [0.15, 0.2) is 0 Å². The van der Waals surface area contributed by atoms with Crippen molar-refractivity contribution < 1.29 is 27.9 Å². The first-order valence-electron chi connectivity index (χ1n) is 10.3. The van der Waals surface area contributed by atoms with Crippen molar-refractivity contribution in [3.8, 4) is 0 Å². The van der Waals surface area contributed by atoms with Gasteiger partial charge in [0.25, 0.3) is 0 Å². The van der Waals surface area contributed by atoms with Crippen LogP contribution in [0.1, 0.15) is 30.4 Å². The lowest BCUT2D eigenvalue weighted by Crippen LogP contribution is -2.44. The molecule has 0 atom stereocenters. The SMILES string of the molecule is CCOCCCN(CC(=O)N(Cc1ccc(F)cc1)Cc1ccc(C)o1)C(=O)COC. The first kappa shape index (κ1) is 24.6. The van der Waals surface area contributed by atoms with Crippen LogP contribution in [0.2, 0.25) is 0 Å². The third-order valence-corrected chi connectivity index (χ3v) is 4.65. The number of ether oxygens (including phenoxy) is 2. The molecule has 1 heterocycles. The molecule has 0 saturated carbocycles. The van der Waals surface area contributed by atoms with Crippen LogP contribution in [0.15, 0.2) is 40.8 Å². The molecule has 170 valence electrons. The lowest BCUT2D eigenvalue weighted by atomic mass is 10.2. The van der Waals surface area contributed by atoms with Crippen molar-refractivity contribution in [1.82, 2.24) is 9.80 Å². The summed E-state index contributed by atoms with van der Waals surface area (Å²) in [6, 6.07) is 9.64. The number of nitrogens with zero attached hydrogens (tertiary/aromatic N) is 2. The zero-order valence-corrected chi connectivity index (χ0v) is 18.4. The molecule has 0 radical (unpaired) electrons. The highest BCUT2D eigenvalue weighted by Gasteiger charge is 2.22. The molecular formula is C23H31FN2O5. The molecule has 8 heteroatoms. The van der Waals surface area contributed by atoms with Crippen molar-refractivity contribution in [3.63, 3.8) is 0 Å². The summed E-state index contributed by atoms with van der Waals surface area (Å²) in [6.07, 6.45) is 0.617. The minimum absolute atomic E-state index is 0.0881. The van der Waals surface area contributed by atoms with Gasteiger partial charge in [-0.05, 0) is 50.1 Å². The molecule has 0 aliphatic heterocycles. The van der Waals surface area contributed by atoms with E-state index in [0.717, 1.165) is 11.3 Å². The number of amides is 2. The molecule has 0 aliphatic carbocycles. The number of carbonyl (C=O) groups excluding carboxylic acids is 2. The predicted molar refractivity (Wildman–Crippen MR) is 114 cm³/mol. The Morgan fingerprint density at radius 2 is 1.77 bits per heavy atom. The Morgan fingerprint density at radius 1 is 1.03 bits per heavy atom. The Kier molecular flexibility index (Phi) is 10.2. The summed E-state index contributed by atoms with van der Waals surface area (Å²) in [5, 5.41) is 0. The average molecular weight is 435 g/mol. The van der Waals surface area contributed by atoms with E-state index in [-0.39, 0.29) is 43.9 Å². The summed E-state index contributed by atoms with van der Waals surface area (Å²) < 4.78 is 29.2. The third kappa shape index (κ3) is 8.51. The van der Waals surface area contributed by atoms with E-state index >= 15 is 0 Å². The number of methoxy groups -OCH3 is 1. The summed E-state index contributed by atoms with van der Waals surface area (Å²) >= 11 is 0. The summed E-state index contributed by atoms with van der Waals surface area (Å²) in [5.41, 5.74) is 0.782. The van der Waals surface area contributed by atoms with E-state index in [1.54, 1.807) is 17.0 Å². The van der Waals surface area contributed by atoms with E-state index in [0.29, 0.717) is 31.9 Å². The highest BCUT2D eigenvalue weighted by molar-refractivity contribution is 5.85. The number of carbonyl (C=O) groups is 2. The van der Waals surface area contributed by atoms with Gasteiger partial charge in [0, 0.05) is 33.4 Å². The molecule has 0 saturated heterocycles. The normalized spacial score (nSPS) is 10.8.